The molecule has 0 spiro atoms. The summed E-state index contributed by atoms with van der Waals surface area (Å²) in [6.45, 7) is 8.50. The van der Waals surface area contributed by atoms with E-state index < -0.39 is 0 Å². The molecule has 84 valence electrons. The zero-order valence-corrected chi connectivity index (χ0v) is 10.7. The third-order valence-electron chi connectivity index (χ3n) is 2.62. The molecule has 0 aromatic heterocycles. The first-order chi connectivity index (χ1) is 7.02. The normalized spacial score (nSPS) is 15.3. The molecule has 0 bridgehead atoms. The molecule has 1 aromatic rings. The van der Waals surface area contributed by atoms with Crippen LogP contribution in [0.5, 0.6) is 0 Å². The Bertz CT molecular complexity index is 307. The Kier molecular flexibility index (Phi) is 4.68. The van der Waals surface area contributed by atoms with Crippen LogP contribution in [-0.4, -0.2) is 10.4 Å². The minimum absolute atomic E-state index is 0.381. The molecule has 0 aliphatic rings. The molecular formula is C13H20OS. The van der Waals surface area contributed by atoms with Gasteiger partial charge in [0.1, 0.15) is 0 Å². The summed E-state index contributed by atoms with van der Waals surface area (Å²) in [6.07, 6.45) is -0.381. The molecule has 0 saturated carbocycles. The maximum Gasteiger partial charge on any atom is 0.0772 e. The lowest BCUT2D eigenvalue weighted by Crippen LogP contribution is -2.06. The van der Waals surface area contributed by atoms with Gasteiger partial charge in [0, 0.05) is 10.1 Å². The predicted molar refractivity (Wildman–Crippen MR) is 67.2 cm³/mol. The van der Waals surface area contributed by atoms with Crippen molar-refractivity contribution in [1.82, 2.24) is 0 Å². The molecule has 0 aliphatic heterocycles. The Morgan fingerprint density at radius 1 is 1.07 bits per heavy atom. The van der Waals surface area contributed by atoms with Crippen LogP contribution in [0.4, 0.5) is 0 Å². The molecule has 0 amide bonds. The van der Waals surface area contributed by atoms with Gasteiger partial charge >= 0.3 is 0 Å². The van der Waals surface area contributed by atoms with Crippen molar-refractivity contribution in [3.05, 3.63) is 29.8 Å². The average Bonchev–Trinajstić information content (AvgIpc) is 2.18. The van der Waals surface area contributed by atoms with Crippen molar-refractivity contribution in [3.63, 3.8) is 0 Å². The summed E-state index contributed by atoms with van der Waals surface area (Å²) in [6, 6.07) is 8.10. The van der Waals surface area contributed by atoms with Crippen LogP contribution in [0.3, 0.4) is 0 Å². The molecule has 0 radical (unpaired) electrons. The van der Waals surface area contributed by atoms with Crippen LogP contribution < -0.4 is 0 Å². The maximum atomic E-state index is 9.64. The van der Waals surface area contributed by atoms with Gasteiger partial charge in [-0.05, 0) is 24.5 Å². The van der Waals surface area contributed by atoms with Crippen LogP contribution >= 0.6 is 11.8 Å². The van der Waals surface area contributed by atoms with Crippen molar-refractivity contribution in [2.75, 3.05) is 0 Å². The van der Waals surface area contributed by atoms with Gasteiger partial charge in [-0.1, -0.05) is 39.0 Å². The van der Waals surface area contributed by atoms with Gasteiger partial charge in [0.05, 0.1) is 6.10 Å². The highest BCUT2D eigenvalue weighted by Crippen LogP contribution is 2.32. The first kappa shape index (κ1) is 12.6. The lowest BCUT2D eigenvalue weighted by Gasteiger charge is -2.18. The highest BCUT2D eigenvalue weighted by atomic mass is 32.2. The second-order valence-electron chi connectivity index (χ2n) is 4.28. The Hall–Kier alpha value is -0.470. The second-order valence-corrected chi connectivity index (χ2v) is 5.70. The Morgan fingerprint density at radius 2 is 1.67 bits per heavy atom. The van der Waals surface area contributed by atoms with Gasteiger partial charge in [0.25, 0.3) is 0 Å². The Balaban J connectivity index is 2.84. The molecule has 2 heteroatoms. The topological polar surface area (TPSA) is 20.2 Å². The van der Waals surface area contributed by atoms with Crippen molar-refractivity contribution in [2.24, 2.45) is 5.92 Å². The van der Waals surface area contributed by atoms with Crippen LogP contribution in [0.1, 0.15) is 39.4 Å². The number of thioether (sulfide) groups is 1. The molecule has 1 rings (SSSR count). The van der Waals surface area contributed by atoms with Gasteiger partial charge in [0.2, 0.25) is 0 Å². The van der Waals surface area contributed by atoms with Gasteiger partial charge in [-0.2, -0.15) is 0 Å². The van der Waals surface area contributed by atoms with Crippen molar-refractivity contribution in [3.8, 4) is 0 Å². The van der Waals surface area contributed by atoms with Crippen LogP contribution in [0.15, 0.2) is 29.2 Å². The number of aliphatic hydroxyl groups is 1. The first-order valence-electron chi connectivity index (χ1n) is 5.46. The first-order valence-corrected chi connectivity index (χ1v) is 6.34. The fourth-order valence-electron chi connectivity index (χ4n) is 1.27. The van der Waals surface area contributed by atoms with E-state index in [0.717, 1.165) is 5.56 Å². The standard InChI is InChI=1S/C13H20OS/c1-9(2)11(4)15-13-8-6-5-7-12(13)10(3)14/h5-11,14H,1-4H3/t10-,11?/m0/s1. The predicted octanol–water partition coefficient (Wildman–Crippen LogP) is 3.88. The van der Waals surface area contributed by atoms with Crippen LogP contribution in [0.2, 0.25) is 0 Å². The van der Waals surface area contributed by atoms with E-state index in [1.807, 2.05) is 36.9 Å². The summed E-state index contributed by atoms with van der Waals surface area (Å²) < 4.78 is 0. The van der Waals surface area contributed by atoms with Crippen molar-refractivity contribution in [2.45, 2.75) is 43.9 Å². The number of aliphatic hydroxyl groups excluding tert-OH is 1. The number of benzene rings is 1. The van der Waals surface area contributed by atoms with E-state index in [9.17, 15) is 5.11 Å². The third kappa shape index (κ3) is 3.54. The van der Waals surface area contributed by atoms with E-state index in [4.69, 9.17) is 0 Å². The molecule has 1 nitrogen and oxygen atoms in total. The largest absolute Gasteiger partial charge is 0.389 e. The molecule has 0 heterocycles. The fourth-order valence-corrected chi connectivity index (χ4v) is 2.47. The molecule has 1 N–H and O–H groups in total. The lowest BCUT2D eigenvalue weighted by molar-refractivity contribution is 0.196. The summed E-state index contributed by atoms with van der Waals surface area (Å²) in [7, 11) is 0. The smallest absolute Gasteiger partial charge is 0.0772 e. The minimum Gasteiger partial charge on any atom is -0.389 e. The second kappa shape index (κ2) is 5.57. The summed E-state index contributed by atoms with van der Waals surface area (Å²) in [5.74, 6) is 0.650. The summed E-state index contributed by atoms with van der Waals surface area (Å²) >= 11 is 1.85. The molecule has 2 atom stereocenters. The molecule has 0 aliphatic carbocycles. The monoisotopic (exact) mass is 224 g/mol. The number of hydrogen-bond donors (Lipinski definition) is 1. The van der Waals surface area contributed by atoms with Crippen molar-refractivity contribution < 1.29 is 5.11 Å². The highest BCUT2D eigenvalue weighted by molar-refractivity contribution is 8.00. The van der Waals surface area contributed by atoms with E-state index in [1.54, 1.807) is 0 Å². The fraction of sp³-hybridized carbons (Fsp3) is 0.538. The van der Waals surface area contributed by atoms with Crippen LogP contribution in [-0.2, 0) is 0 Å². The molecule has 0 saturated heterocycles. The number of rotatable bonds is 4. The Labute approximate surface area is 96.9 Å². The SMILES string of the molecule is CC(C)C(C)Sc1ccccc1[C@H](C)O. The van der Waals surface area contributed by atoms with Crippen LogP contribution in [0, 0.1) is 5.92 Å². The van der Waals surface area contributed by atoms with Gasteiger partial charge in [-0.15, -0.1) is 11.8 Å². The van der Waals surface area contributed by atoms with Gasteiger partial charge in [0.15, 0.2) is 0 Å². The zero-order valence-electron chi connectivity index (χ0n) is 9.90. The molecule has 1 aromatic carbocycles. The third-order valence-corrected chi connectivity index (χ3v) is 4.16. The summed E-state index contributed by atoms with van der Waals surface area (Å²) in [5.41, 5.74) is 1.04. The van der Waals surface area contributed by atoms with E-state index in [0.29, 0.717) is 11.2 Å². The lowest BCUT2D eigenvalue weighted by atomic mass is 10.1. The highest BCUT2D eigenvalue weighted by Gasteiger charge is 2.13. The van der Waals surface area contributed by atoms with Gasteiger partial charge in [-0.25, -0.2) is 0 Å². The molecule has 15 heavy (non-hydrogen) atoms. The summed E-state index contributed by atoms with van der Waals surface area (Å²) in [5, 5.41) is 10.2. The summed E-state index contributed by atoms with van der Waals surface area (Å²) in [4.78, 5) is 1.20. The number of hydrogen-bond acceptors (Lipinski definition) is 2. The van der Waals surface area contributed by atoms with Crippen molar-refractivity contribution in [1.29, 1.82) is 0 Å². The van der Waals surface area contributed by atoms with Crippen LogP contribution in [0.25, 0.3) is 0 Å². The van der Waals surface area contributed by atoms with E-state index >= 15 is 0 Å². The zero-order chi connectivity index (χ0) is 11.4. The molecule has 1 unspecified atom stereocenters. The molecular weight excluding hydrogens is 204 g/mol. The Morgan fingerprint density at radius 3 is 2.20 bits per heavy atom. The maximum absolute atomic E-state index is 9.64. The average molecular weight is 224 g/mol. The van der Waals surface area contributed by atoms with Gasteiger partial charge < -0.3 is 5.11 Å². The van der Waals surface area contributed by atoms with Gasteiger partial charge in [-0.3, -0.25) is 0 Å². The minimum atomic E-state index is -0.381. The quantitative estimate of drug-likeness (QED) is 0.783. The van der Waals surface area contributed by atoms with Crippen molar-refractivity contribution >= 4 is 11.8 Å². The van der Waals surface area contributed by atoms with E-state index in [-0.39, 0.29) is 6.10 Å². The van der Waals surface area contributed by atoms with E-state index in [1.165, 1.54) is 4.90 Å². The van der Waals surface area contributed by atoms with E-state index in [2.05, 4.69) is 26.8 Å². The molecule has 0 fully saturated rings.